The largest absolute Gasteiger partial charge is 0.497 e. The minimum atomic E-state index is -1.05. The molecule has 0 radical (unpaired) electrons. The third-order valence-corrected chi connectivity index (χ3v) is 3.34. The van der Waals surface area contributed by atoms with E-state index >= 15 is 0 Å². The normalized spacial score (nSPS) is 13.7. The van der Waals surface area contributed by atoms with E-state index < -0.39 is 12.1 Å². The highest BCUT2D eigenvalue weighted by atomic mass is 16.7. The average Bonchev–Trinajstić information content (AvgIpc) is 2.62. The molecule has 2 atom stereocenters. The lowest BCUT2D eigenvalue weighted by Crippen LogP contribution is -2.28. The Hall–Kier alpha value is -1.93. The minimum Gasteiger partial charge on any atom is -0.497 e. The molecule has 0 saturated heterocycles. The van der Waals surface area contributed by atoms with Crippen LogP contribution in [0.25, 0.3) is 0 Å². The maximum absolute atomic E-state index is 10.7. The summed E-state index contributed by atoms with van der Waals surface area (Å²) in [6.45, 7) is 3.07. The molecule has 140 valence electrons. The van der Waals surface area contributed by atoms with Crippen molar-refractivity contribution in [2.24, 2.45) is 0 Å². The van der Waals surface area contributed by atoms with E-state index in [1.165, 1.54) is 6.08 Å². The average molecular weight is 354 g/mol. The number of hydrogen-bond donors (Lipinski definition) is 1. The molecule has 0 aliphatic carbocycles. The van der Waals surface area contributed by atoms with E-state index in [-0.39, 0.29) is 12.9 Å². The van der Waals surface area contributed by atoms with Crippen LogP contribution < -0.4 is 4.74 Å². The molecule has 0 fully saturated rings. The van der Waals surface area contributed by atoms with Gasteiger partial charge in [0.15, 0.2) is 0 Å². The number of carbonyl (C=O) groups is 1. The molecule has 0 unspecified atom stereocenters. The van der Waals surface area contributed by atoms with Gasteiger partial charge in [0.1, 0.15) is 18.6 Å². The van der Waals surface area contributed by atoms with Crippen molar-refractivity contribution < 1.29 is 33.6 Å². The standard InChI is InChI=1S/C18H26O7/c1-14(24-12-15-4-6-16(22-3)7-5-15)17(8-9-18(19)20)25-13-23-11-10-21-2/h4-9,14,17H,10-13H2,1-3H3,(H,19,20)/b9-8+/t14-,17+/m0/s1. The predicted molar refractivity (Wildman–Crippen MR) is 91.6 cm³/mol. The van der Waals surface area contributed by atoms with Gasteiger partial charge in [-0.15, -0.1) is 0 Å². The Morgan fingerprint density at radius 3 is 2.48 bits per heavy atom. The molecular weight excluding hydrogens is 328 g/mol. The predicted octanol–water partition coefficient (Wildman–Crippen LogP) is 2.25. The highest BCUT2D eigenvalue weighted by molar-refractivity contribution is 5.79. The molecule has 25 heavy (non-hydrogen) atoms. The number of carboxylic acid groups (broad SMARTS) is 1. The molecule has 0 bridgehead atoms. The Labute approximate surface area is 148 Å². The number of ether oxygens (including phenoxy) is 5. The first-order chi connectivity index (χ1) is 12.1. The summed E-state index contributed by atoms with van der Waals surface area (Å²) in [4.78, 5) is 10.7. The third kappa shape index (κ3) is 9.21. The van der Waals surface area contributed by atoms with Crippen molar-refractivity contribution in [3.05, 3.63) is 42.0 Å². The fraction of sp³-hybridized carbons (Fsp3) is 0.500. The van der Waals surface area contributed by atoms with Crippen molar-refractivity contribution >= 4 is 5.97 Å². The molecule has 0 saturated carbocycles. The molecule has 0 aliphatic heterocycles. The van der Waals surface area contributed by atoms with Crippen molar-refractivity contribution in [1.29, 1.82) is 0 Å². The number of rotatable bonds is 13. The van der Waals surface area contributed by atoms with E-state index in [9.17, 15) is 4.79 Å². The molecule has 0 spiro atoms. The van der Waals surface area contributed by atoms with Crippen LogP contribution in [0.2, 0.25) is 0 Å². The van der Waals surface area contributed by atoms with E-state index in [1.807, 2.05) is 31.2 Å². The number of benzene rings is 1. The second kappa shape index (κ2) is 12.4. The third-order valence-electron chi connectivity index (χ3n) is 3.34. The first kappa shape index (κ1) is 21.1. The lowest BCUT2D eigenvalue weighted by molar-refractivity contribution is -0.132. The first-order valence-corrected chi connectivity index (χ1v) is 7.90. The molecule has 1 N–H and O–H groups in total. The van der Waals surface area contributed by atoms with Gasteiger partial charge in [-0.05, 0) is 30.7 Å². The second-order valence-electron chi connectivity index (χ2n) is 5.21. The van der Waals surface area contributed by atoms with Gasteiger partial charge in [-0.2, -0.15) is 0 Å². The Balaban J connectivity index is 2.51. The summed E-state index contributed by atoms with van der Waals surface area (Å²) in [5.74, 6) is -0.271. The van der Waals surface area contributed by atoms with Crippen LogP contribution >= 0.6 is 0 Å². The van der Waals surface area contributed by atoms with Crippen LogP contribution in [0.5, 0.6) is 5.75 Å². The van der Waals surface area contributed by atoms with E-state index in [1.54, 1.807) is 14.2 Å². The van der Waals surface area contributed by atoms with Gasteiger partial charge < -0.3 is 28.8 Å². The molecular formula is C18H26O7. The van der Waals surface area contributed by atoms with Gasteiger partial charge in [0, 0.05) is 13.2 Å². The molecule has 0 aliphatic rings. The zero-order chi connectivity index (χ0) is 18.5. The highest BCUT2D eigenvalue weighted by Crippen LogP contribution is 2.14. The molecule has 1 aromatic carbocycles. The zero-order valence-electron chi connectivity index (χ0n) is 14.8. The van der Waals surface area contributed by atoms with Gasteiger partial charge in [-0.1, -0.05) is 12.1 Å². The Bertz CT molecular complexity index is 513. The molecule has 0 amide bonds. The van der Waals surface area contributed by atoms with Crippen LogP contribution in [0.15, 0.2) is 36.4 Å². The van der Waals surface area contributed by atoms with Gasteiger partial charge in [-0.3, -0.25) is 0 Å². The van der Waals surface area contributed by atoms with Crippen LogP contribution in [0.1, 0.15) is 12.5 Å². The minimum absolute atomic E-state index is 0.0220. The fourth-order valence-corrected chi connectivity index (χ4v) is 1.90. The topological polar surface area (TPSA) is 83.5 Å². The Morgan fingerprint density at radius 1 is 1.16 bits per heavy atom. The van der Waals surface area contributed by atoms with E-state index in [0.717, 1.165) is 17.4 Å². The number of methoxy groups -OCH3 is 2. The van der Waals surface area contributed by atoms with Gasteiger partial charge in [0.05, 0.1) is 33.0 Å². The first-order valence-electron chi connectivity index (χ1n) is 7.90. The molecule has 0 aromatic heterocycles. The Morgan fingerprint density at radius 2 is 1.88 bits per heavy atom. The molecule has 7 heteroatoms. The van der Waals surface area contributed by atoms with Crippen LogP contribution in [0.3, 0.4) is 0 Å². The van der Waals surface area contributed by atoms with Gasteiger partial charge in [0.2, 0.25) is 0 Å². The van der Waals surface area contributed by atoms with Crippen LogP contribution in [-0.4, -0.2) is 57.5 Å². The maximum atomic E-state index is 10.7. The maximum Gasteiger partial charge on any atom is 0.328 e. The summed E-state index contributed by atoms with van der Waals surface area (Å²) in [6.07, 6.45) is 1.58. The van der Waals surface area contributed by atoms with E-state index in [0.29, 0.717) is 19.8 Å². The molecule has 1 rings (SSSR count). The molecule has 1 aromatic rings. The zero-order valence-corrected chi connectivity index (χ0v) is 14.8. The summed E-state index contributed by atoms with van der Waals surface area (Å²) in [5, 5.41) is 8.80. The summed E-state index contributed by atoms with van der Waals surface area (Å²) in [7, 11) is 3.19. The Kier molecular flexibility index (Phi) is 10.5. The summed E-state index contributed by atoms with van der Waals surface area (Å²) in [6, 6.07) is 7.52. The van der Waals surface area contributed by atoms with Crippen molar-refractivity contribution in [2.45, 2.75) is 25.7 Å². The van der Waals surface area contributed by atoms with Crippen molar-refractivity contribution in [3.8, 4) is 5.75 Å². The van der Waals surface area contributed by atoms with Gasteiger partial charge >= 0.3 is 5.97 Å². The smallest absolute Gasteiger partial charge is 0.328 e. The number of hydrogen-bond acceptors (Lipinski definition) is 6. The van der Waals surface area contributed by atoms with Crippen molar-refractivity contribution in [3.63, 3.8) is 0 Å². The van der Waals surface area contributed by atoms with Crippen molar-refractivity contribution in [1.82, 2.24) is 0 Å². The van der Waals surface area contributed by atoms with Crippen LogP contribution in [0, 0.1) is 0 Å². The summed E-state index contributed by atoms with van der Waals surface area (Å²) >= 11 is 0. The van der Waals surface area contributed by atoms with Gasteiger partial charge in [0.25, 0.3) is 0 Å². The SMILES string of the molecule is COCCOCO[C@H](/C=C/C(=O)O)[C@H](C)OCc1ccc(OC)cc1. The highest BCUT2D eigenvalue weighted by Gasteiger charge is 2.16. The lowest BCUT2D eigenvalue weighted by Gasteiger charge is -2.22. The molecule has 0 heterocycles. The second-order valence-corrected chi connectivity index (χ2v) is 5.21. The number of carboxylic acids is 1. The van der Waals surface area contributed by atoms with E-state index in [2.05, 4.69) is 0 Å². The summed E-state index contributed by atoms with van der Waals surface area (Å²) < 4.78 is 26.6. The number of aliphatic carboxylic acids is 1. The van der Waals surface area contributed by atoms with Crippen LogP contribution in [0.4, 0.5) is 0 Å². The quantitative estimate of drug-likeness (QED) is 0.330. The monoisotopic (exact) mass is 354 g/mol. The van der Waals surface area contributed by atoms with Crippen molar-refractivity contribution in [2.75, 3.05) is 34.2 Å². The van der Waals surface area contributed by atoms with Gasteiger partial charge in [-0.25, -0.2) is 4.79 Å². The summed E-state index contributed by atoms with van der Waals surface area (Å²) in [5.41, 5.74) is 0.977. The van der Waals surface area contributed by atoms with E-state index in [4.69, 9.17) is 28.8 Å². The van der Waals surface area contributed by atoms with Crippen LogP contribution in [-0.2, 0) is 30.3 Å². The lowest BCUT2D eigenvalue weighted by atomic mass is 10.2. The fourth-order valence-electron chi connectivity index (χ4n) is 1.90. The molecule has 7 nitrogen and oxygen atoms in total.